The molecule has 1 saturated heterocycles. The Morgan fingerprint density at radius 2 is 1.90 bits per heavy atom. The normalized spacial score (nSPS) is 16.0. The van der Waals surface area contributed by atoms with E-state index in [0.29, 0.717) is 24.2 Å². The van der Waals surface area contributed by atoms with Crippen molar-refractivity contribution in [3.8, 4) is 0 Å². The van der Waals surface area contributed by atoms with Gasteiger partial charge in [-0.25, -0.2) is 8.42 Å². The number of hydrogen-bond acceptors (Lipinski definition) is 6. The third-order valence-electron chi connectivity index (χ3n) is 5.08. The summed E-state index contributed by atoms with van der Waals surface area (Å²) in [5.74, 6) is 0.106. The third kappa shape index (κ3) is 4.30. The molecule has 3 rings (SSSR count). The predicted octanol–water partition coefficient (Wildman–Crippen LogP) is 1.98. The topological polar surface area (TPSA) is 127 Å². The molecule has 0 atom stereocenters. The van der Waals surface area contributed by atoms with Crippen molar-refractivity contribution in [2.75, 3.05) is 18.4 Å². The van der Waals surface area contributed by atoms with Crippen LogP contribution in [-0.4, -0.2) is 46.4 Å². The Hall–Kier alpha value is -2.79. The van der Waals surface area contributed by atoms with Gasteiger partial charge in [0, 0.05) is 44.3 Å². The highest BCUT2D eigenvalue weighted by Crippen LogP contribution is 2.28. The van der Waals surface area contributed by atoms with Crippen molar-refractivity contribution < 1.29 is 18.1 Å². The van der Waals surface area contributed by atoms with Crippen molar-refractivity contribution in [1.82, 2.24) is 14.1 Å². The van der Waals surface area contributed by atoms with Crippen LogP contribution in [0.4, 0.5) is 11.5 Å². The molecule has 0 saturated carbocycles. The van der Waals surface area contributed by atoms with E-state index in [4.69, 9.17) is 0 Å². The molecule has 1 amide bonds. The van der Waals surface area contributed by atoms with E-state index < -0.39 is 14.9 Å². The summed E-state index contributed by atoms with van der Waals surface area (Å²) >= 11 is 0. The van der Waals surface area contributed by atoms with Gasteiger partial charge in [-0.1, -0.05) is 6.07 Å². The number of piperidine rings is 1. The fraction of sp³-hybridized carbons (Fsp3) is 0.444. The molecule has 1 aromatic carbocycles. The summed E-state index contributed by atoms with van der Waals surface area (Å²) in [5, 5.41) is 18.0. The van der Waals surface area contributed by atoms with E-state index in [1.807, 2.05) is 6.92 Å². The van der Waals surface area contributed by atoms with Gasteiger partial charge in [0.05, 0.1) is 15.5 Å². The number of nitro benzene ring substituents is 1. The van der Waals surface area contributed by atoms with Crippen LogP contribution in [0.25, 0.3) is 0 Å². The maximum Gasteiger partial charge on any atom is 0.270 e. The maximum atomic E-state index is 13.0. The van der Waals surface area contributed by atoms with Gasteiger partial charge in [-0.05, 0) is 32.3 Å². The van der Waals surface area contributed by atoms with Gasteiger partial charge in [-0.2, -0.15) is 9.40 Å². The molecule has 29 heavy (non-hydrogen) atoms. The number of benzene rings is 1. The zero-order valence-corrected chi connectivity index (χ0v) is 17.3. The molecular formula is C18H23N5O5S. The minimum Gasteiger partial charge on any atom is -0.311 e. The van der Waals surface area contributed by atoms with E-state index in [9.17, 15) is 23.3 Å². The Labute approximate surface area is 168 Å². The van der Waals surface area contributed by atoms with Crippen LogP contribution >= 0.6 is 0 Å². The molecule has 0 unspecified atom stereocenters. The average molecular weight is 421 g/mol. The number of amides is 1. The van der Waals surface area contributed by atoms with Crippen LogP contribution in [0.2, 0.25) is 0 Å². The Morgan fingerprint density at radius 1 is 1.24 bits per heavy atom. The van der Waals surface area contributed by atoms with Crippen LogP contribution in [0.15, 0.2) is 29.2 Å². The molecule has 1 aromatic heterocycles. The molecular weight excluding hydrogens is 398 g/mol. The third-order valence-corrected chi connectivity index (χ3v) is 7.12. The van der Waals surface area contributed by atoms with Crippen molar-refractivity contribution >= 4 is 27.4 Å². The lowest BCUT2D eigenvalue weighted by Gasteiger charge is -2.30. The highest BCUT2D eigenvalue weighted by Gasteiger charge is 2.33. The first-order chi connectivity index (χ1) is 13.6. The number of rotatable bonds is 5. The molecule has 0 bridgehead atoms. The zero-order valence-electron chi connectivity index (χ0n) is 16.5. The number of aromatic nitrogens is 2. The van der Waals surface area contributed by atoms with Crippen LogP contribution in [0.3, 0.4) is 0 Å². The van der Waals surface area contributed by atoms with Crippen LogP contribution in [0.1, 0.15) is 24.1 Å². The molecule has 11 heteroatoms. The number of nitrogens with one attached hydrogen (secondary N) is 1. The Kier molecular flexibility index (Phi) is 5.71. The minimum absolute atomic E-state index is 0.0695. The van der Waals surface area contributed by atoms with Crippen LogP contribution < -0.4 is 5.32 Å². The predicted molar refractivity (Wildman–Crippen MR) is 106 cm³/mol. The SMILES string of the molecule is Cc1cc(NC(=O)C2CCN(S(=O)(=O)c3cc([N+](=O)[O-])ccc3C)CC2)n(C)n1. The molecule has 1 aliphatic heterocycles. The number of carbonyl (C=O) groups excluding carboxylic acids is 1. The number of nitrogens with zero attached hydrogens (tertiary/aromatic N) is 4. The number of hydrogen-bond donors (Lipinski definition) is 1. The quantitative estimate of drug-likeness (QED) is 0.581. The average Bonchev–Trinajstić information content (AvgIpc) is 2.98. The van der Waals surface area contributed by atoms with E-state index in [2.05, 4.69) is 10.4 Å². The summed E-state index contributed by atoms with van der Waals surface area (Å²) in [4.78, 5) is 22.9. The van der Waals surface area contributed by atoms with Crippen LogP contribution in [-0.2, 0) is 21.9 Å². The number of anilines is 1. The lowest BCUT2D eigenvalue weighted by atomic mass is 9.97. The lowest BCUT2D eigenvalue weighted by molar-refractivity contribution is -0.385. The monoisotopic (exact) mass is 421 g/mol. The molecule has 2 heterocycles. The van der Waals surface area contributed by atoms with Crippen LogP contribution in [0, 0.1) is 29.9 Å². The maximum absolute atomic E-state index is 13.0. The van der Waals surface area contributed by atoms with E-state index in [1.165, 1.54) is 16.4 Å². The van der Waals surface area contributed by atoms with E-state index in [-0.39, 0.29) is 35.5 Å². The second-order valence-corrected chi connectivity index (χ2v) is 9.08. The van der Waals surface area contributed by atoms with E-state index in [0.717, 1.165) is 11.8 Å². The summed E-state index contributed by atoms with van der Waals surface area (Å²) in [6.07, 6.45) is 0.742. The van der Waals surface area contributed by atoms with Gasteiger partial charge in [0.2, 0.25) is 15.9 Å². The molecule has 156 valence electrons. The number of sulfonamides is 1. The van der Waals surface area contributed by atoms with Gasteiger partial charge in [0.15, 0.2) is 0 Å². The van der Waals surface area contributed by atoms with Crippen molar-refractivity contribution in [3.05, 3.63) is 45.6 Å². The van der Waals surface area contributed by atoms with Gasteiger partial charge in [0.25, 0.3) is 5.69 Å². The summed E-state index contributed by atoms with van der Waals surface area (Å²) in [5.41, 5.74) is 0.966. The molecule has 2 aromatic rings. The summed E-state index contributed by atoms with van der Waals surface area (Å²) in [6.45, 7) is 3.78. The Morgan fingerprint density at radius 3 is 2.45 bits per heavy atom. The fourth-order valence-electron chi connectivity index (χ4n) is 3.43. The molecule has 0 radical (unpaired) electrons. The first kappa shape index (κ1) is 20.9. The molecule has 0 aliphatic carbocycles. The van der Waals surface area contributed by atoms with Gasteiger partial charge in [0.1, 0.15) is 5.82 Å². The van der Waals surface area contributed by atoms with Crippen molar-refractivity contribution in [2.24, 2.45) is 13.0 Å². The van der Waals surface area contributed by atoms with E-state index in [1.54, 1.807) is 24.7 Å². The molecule has 1 aliphatic rings. The van der Waals surface area contributed by atoms with E-state index >= 15 is 0 Å². The molecule has 0 spiro atoms. The standard InChI is InChI=1S/C18H23N5O5S/c1-12-4-5-15(23(25)26)11-16(12)29(27,28)22-8-6-14(7-9-22)18(24)19-17-10-13(2)20-21(17)3/h4-5,10-11,14H,6-9H2,1-3H3,(H,19,24). The molecule has 1 fully saturated rings. The summed E-state index contributed by atoms with van der Waals surface area (Å²) in [6, 6.07) is 5.57. The summed E-state index contributed by atoms with van der Waals surface area (Å²) in [7, 11) is -2.14. The first-order valence-electron chi connectivity index (χ1n) is 9.16. The highest BCUT2D eigenvalue weighted by molar-refractivity contribution is 7.89. The lowest BCUT2D eigenvalue weighted by Crippen LogP contribution is -2.41. The number of carbonyl (C=O) groups is 1. The smallest absolute Gasteiger partial charge is 0.270 e. The van der Waals surface area contributed by atoms with Gasteiger partial charge >= 0.3 is 0 Å². The highest BCUT2D eigenvalue weighted by atomic mass is 32.2. The molecule has 10 nitrogen and oxygen atoms in total. The minimum atomic E-state index is -3.88. The Balaban J connectivity index is 1.70. The Bertz CT molecular complexity index is 1050. The van der Waals surface area contributed by atoms with Crippen molar-refractivity contribution in [1.29, 1.82) is 0 Å². The van der Waals surface area contributed by atoms with Crippen molar-refractivity contribution in [2.45, 2.75) is 31.6 Å². The number of non-ortho nitro benzene ring substituents is 1. The fourth-order valence-corrected chi connectivity index (χ4v) is 5.15. The van der Waals surface area contributed by atoms with Gasteiger partial charge in [-0.15, -0.1) is 0 Å². The van der Waals surface area contributed by atoms with Gasteiger partial charge < -0.3 is 5.32 Å². The number of aryl methyl sites for hydroxylation is 3. The van der Waals surface area contributed by atoms with Crippen LogP contribution in [0.5, 0.6) is 0 Å². The van der Waals surface area contributed by atoms with Gasteiger partial charge in [-0.3, -0.25) is 19.6 Å². The van der Waals surface area contributed by atoms with Crippen molar-refractivity contribution in [3.63, 3.8) is 0 Å². The number of nitro groups is 1. The molecule has 1 N–H and O–H groups in total. The first-order valence-corrected chi connectivity index (χ1v) is 10.6. The summed E-state index contributed by atoms with van der Waals surface area (Å²) < 4.78 is 28.8. The second-order valence-electron chi connectivity index (χ2n) is 7.17. The largest absolute Gasteiger partial charge is 0.311 e. The second kappa shape index (κ2) is 7.91. The zero-order chi connectivity index (χ0) is 21.3.